The molecule has 0 saturated carbocycles. The summed E-state index contributed by atoms with van der Waals surface area (Å²) >= 11 is 0. The zero-order valence-electron chi connectivity index (χ0n) is 14.6. The summed E-state index contributed by atoms with van der Waals surface area (Å²) in [6.45, 7) is 1.64. The van der Waals surface area contributed by atoms with Crippen molar-refractivity contribution in [1.29, 1.82) is 0 Å². The number of nitrogens with one attached hydrogen (secondary N) is 1. The molecule has 140 valence electrons. The fourth-order valence-corrected chi connectivity index (χ4v) is 3.11. The Labute approximate surface area is 155 Å². The molecule has 8 nitrogen and oxygen atoms in total. The molecule has 1 amide bonds. The zero-order valence-corrected chi connectivity index (χ0v) is 14.6. The maximum atomic E-state index is 13.9. The van der Waals surface area contributed by atoms with Crippen LogP contribution in [0.2, 0.25) is 0 Å². The molecule has 0 saturated heterocycles. The molecule has 1 aliphatic rings. The average Bonchev–Trinajstić information content (AvgIpc) is 3.33. The van der Waals surface area contributed by atoms with Crippen molar-refractivity contribution in [3.05, 3.63) is 54.1 Å². The fourth-order valence-electron chi connectivity index (χ4n) is 3.11. The SMILES string of the molecule is O=C(CCCn1cncn1)N1CCc2onc(Nc3ccccc3F)c2C1. The van der Waals surface area contributed by atoms with Gasteiger partial charge in [-0.1, -0.05) is 17.3 Å². The number of carbonyl (C=O) groups excluding carboxylic acids is 1. The molecular formula is C18H19FN6O2. The molecule has 0 unspecified atom stereocenters. The van der Waals surface area contributed by atoms with E-state index in [4.69, 9.17) is 4.52 Å². The lowest BCUT2D eigenvalue weighted by Crippen LogP contribution is -2.35. The third-order valence-corrected chi connectivity index (χ3v) is 4.55. The van der Waals surface area contributed by atoms with Gasteiger partial charge in [-0.25, -0.2) is 9.37 Å². The second-order valence-corrected chi connectivity index (χ2v) is 6.37. The predicted octanol–water partition coefficient (Wildman–Crippen LogP) is 2.51. The van der Waals surface area contributed by atoms with Gasteiger partial charge < -0.3 is 14.7 Å². The topological polar surface area (TPSA) is 89.1 Å². The maximum Gasteiger partial charge on any atom is 0.222 e. The van der Waals surface area contributed by atoms with Crippen molar-refractivity contribution in [2.45, 2.75) is 32.4 Å². The van der Waals surface area contributed by atoms with Gasteiger partial charge in [-0.3, -0.25) is 9.48 Å². The Kier molecular flexibility index (Phi) is 4.82. The van der Waals surface area contributed by atoms with Crippen LogP contribution in [0.4, 0.5) is 15.9 Å². The first-order valence-corrected chi connectivity index (χ1v) is 8.80. The smallest absolute Gasteiger partial charge is 0.222 e. The van der Waals surface area contributed by atoms with E-state index in [1.165, 1.54) is 12.4 Å². The number of aromatic nitrogens is 4. The molecule has 4 rings (SSSR count). The van der Waals surface area contributed by atoms with Crippen molar-refractivity contribution < 1.29 is 13.7 Å². The summed E-state index contributed by atoms with van der Waals surface area (Å²) in [5.74, 6) is 0.889. The lowest BCUT2D eigenvalue weighted by Gasteiger charge is -2.26. The van der Waals surface area contributed by atoms with Gasteiger partial charge in [0.25, 0.3) is 0 Å². The van der Waals surface area contributed by atoms with Gasteiger partial charge in [0.15, 0.2) is 5.82 Å². The lowest BCUT2D eigenvalue weighted by atomic mass is 10.1. The van der Waals surface area contributed by atoms with Gasteiger partial charge in [0.2, 0.25) is 5.91 Å². The molecule has 1 aliphatic heterocycles. The number of hydrogen-bond donors (Lipinski definition) is 1. The van der Waals surface area contributed by atoms with E-state index in [9.17, 15) is 9.18 Å². The van der Waals surface area contributed by atoms with E-state index in [2.05, 4.69) is 20.6 Å². The van der Waals surface area contributed by atoms with Crippen molar-refractivity contribution in [3.8, 4) is 0 Å². The van der Waals surface area contributed by atoms with Crippen LogP contribution >= 0.6 is 0 Å². The summed E-state index contributed by atoms with van der Waals surface area (Å²) in [6, 6.07) is 6.37. The molecule has 3 aromatic rings. The molecular weight excluding hydrogens is 351 g/mol. The molecule has 9 heteroatoms. The van der Waals surface area contributed by atoms with Gasteiger partial charge in [0.05, 0.1) is 17.8 Å². The molecule has 0 fully saturated rings. The van der Waals surface area contributed by atoms with E-state index < -0.39 is 0 Å². The highest BCUT2D eigenvalue weighted by atomic mass is 19.1. The number of fused-ring (bicyclic) bond motifs is 1. The summed E-state index contributed by atoms with van der Waals surface area (Å²) in [4.78, 5) is 18.2. The Morgan fingerprint density at radius 1 is 1.33 bits per heavy atom. The van der Waals surface area contributed by atoms with Crippen LogP contribution in [0, 0.1) is 5.82 Å². The molecule has 1 aromatic carbocycles. The van der Waals surface area contributed by atoms with E-state index in [0.29, 0.717) is 50.4 Å². The number of halogens is 1. The highest BCUT2D eigenvalue weighted by Crippen LogP contribution is 2.29. The number of aryl methyl sites for hydroxylation is 1. The summed E-state index contributed by atoms with van der Waals surface area (Å²) in [6.07, 6.45) is 4.82. The van der Waals surface area contributed by atoms with Gasteiger partial charge in [0.1, 0.15) is 24.2 Å². The van der Waals surface area contributed by atoms with E-state index in [1.54, 1.807) is 34.1 Å². The molecule has 0 radical (unpaired) electrons. The number of hydrogen-bond acceptors (Lipinski definition) is 6. The number of carbonyl (C=O) groups is 1. The molecule has 27 heavy (non-hydrogen) atoms. The van der Waals surface area contributed by atoms with Crippen LogP contribution in [0.3, 0.4) is 0 Å². The van der Waals surface area contributed by atoms with Gasteiger partial charge >= 0.3 is 0 Å². The molecule has 0 atom stereocenters. The van der Waals surface area contributed by atoms with Crippen LogP contribution in [-0.4, -0.2) is 37.3 Å². The van der Waals surface area contributed by atoms with Crippen molar-refractivity contribution in [1.82, 2.24) is 24.8 Å². The number of para-hydroxylation sites is 1. The number of amides is 1. The monoisotopic (exact) mass is 370 g/mol. The highest BCUT2D eigenvalue weighted by Gasteiger charge is 2.27. The van der Waals surface area contributed by atoms with E-state index in [-0.39, 0.29) is 11.7 Å². The number of benzene rings is 1. The first kappa shape index (κ1) is 17.2. The van der Waals surface area contributed by atoms with Crippen LogP contribution in [-0.2, 0) is 24.3 Å². The summed E-state index contributed by atoms with van der Waals surface area (Å²) in [5, 5.41) is 11.0. The number of rotatable bonds is 6. The first-order valence-electron chi connectivity index (χ1n) is 8.80. The third-order valence-electron chi connectivity index (χ3n) is 4.55. The maximum absolute atomic E-state index is 13.9. The Morgan fingerprint density at radius 3 is 3.04 bits per heavy atom. The van der Waals surface area contributed by atoms with Crippen LogP contribution in [0.1, 0.15) is 24.2 Å². The van der Waals surface area contributed by atoms with Crippen LogP contribution in [0.5, 0.6) is 0 Å². The molecule has 0 bridgehead atoms. The summed E-state index contributed by atoms with van der Waals surface area (Å²) < 4.78 is 20.9. The molecule has 1 N–H and O–H groups in total. The molecule has 2 aromatic heterocycles. The van der Waals surface area contributed by atoms with Crippen molar-refractivity contribution in [3.63, 3.8) is 0 Å². The normalized spacial score (nSPS) is 13.4. The number of anilines is 2. The predicted molar refractivity (Wildman–Crippen MR) is 94.6 cm³/mol. The summed E-state index contributed by atoms with van der Waals surface area (Å²) in [7, 11) is 0. The third kappa shape index (κ3) is 3.81. The Hall–Kier alpha value is -3.23. The largest absolute Gasteiger partial charge is 0.359 e. The number of nitrogens with zero attached hydrogens (tertiary/aromatic N) is 5. The van der Waals surface area contributed by atoms with Crippen molar-refractivity contribution in [2.24, 2.45) is 0 Å². The van der Waals surface area contributed by atoms with E-state index in [1.807, 2.05) is 0 Å². The zero-order chi connectivity index (χ0) is 18.6. The lowest BCUT2D eigenvalue weighted by molar-refractivity contribution is -0.132. The molecule has 0 spiro atoms. The quantitative estimate of drug-likeness (QED) is 0.717. The highest BCUT2D eigenvalue weighted by molar-refractivity contribution is 5.77. The van der Waals surface area contributed by atoms with E-state index in [0.717, 1.165) is 11.3 Å². The van der Waals surface area contributed by atoms with Crippen molar-refractivity contribution in [2.75, 3.05) is 11.9 Å². The van der Waals surface area contributed by atoms with Gasteiger partial charge in [-0.2, -0.15) is 5.10 Å². The van der Waals surface area contributed by atoms with Gasteiger partial charge in [0, 0.05) is 25.9 Å². The van der Waals surface area contributed by atoms with Crippen LogP contribution < -0.4 is 5.32 Å². The second-order valence-electron chi connectivity index (χ2n) is 6.37. The minimum absolute atomic E-state index is 0.0683. The van der Waals surface area contributed by atoms with E-state index >= 15 is 0 Å². The Bertz CT molecular complexity index is 924. The minimum atomic E-state index is -0.369. The van der Waals surface area contributed by atoms with Gasteiger partial charge in [-0.05, 0) is 18.6 Å². The first-order chi connectivity index (χ1) is 13.2. The second kappa shape index (κ2) is 7.56. The molecule has 0 aliphatic carbocycles. The minimum Gasteiger partial charge on any atom is -0.359 e. The average molecular weight is 370 g/mol. The Morgan fingerprint density at radius 2 is 2.22 bits per heavy atom. The van der Waals surface area contributed by atoms with Crippen molar-refractivity contribution >= 4 is 17.4 Å². The summed E-state index contributed by atoms with van der Waals surface area (Å²) in [5.41, 5.74) is 1.12. The van der Waals surface area contributed by atoms with Crippen LogP contribution in [0.25, 0.3) is 0 Å². The van der Waals surface area contributed by atoms with Gasteiger partial charge in [-0.15, -0.1) is 0 Å². The molecule has 3 heterocycles. The Balaban J connectivity index is 1.39. The fraction of sp³-hybridized carbons (Fsp3) is 0.333. The van der Waals surface area contributed by atoms with Crippen LogP contribution in [0.15, 0.2) is 41.4 Å². The standard InChI is InChI=1S/C18H19FN6O2/c19-14-4-1-2-5-15(14)22-18-13-10-24(9-7-16(13)27-23-18)17(26)6-3-8-25-12-20-11-21-25/h1-2,4-5,11-12H,3,6-10H2,(H,22,23).